The van der Waals surface area contributed by atoms with Crippen LogP contribution in [0.15, 0.2) is 18.2 Å². The second kappa shape index (κ2) is 4.92. The number of nitrogens with zero attached hydrogens (tertiary/aromatic N) is 1. The van der Waals surface area contributed by atoms with Gasteiger partial charge in [0.1, 0.15) is 0 Å². The lowest BCUT2D eigenvalue weighted by molar-refractivity contribution is -0.168. The van der Waals surface area contributed by atoms with E-state index in [0.29, 0.717) is 5.69 Å². The van der Waals surface area contributed by atoms with Crippen LogP contribution in [-0.2, 0) is 0 Å². The van der Waals surface area contributed by atoms with E-state index in [1.807, 2.05) is 0 Å². The molecule has 1 unspecified atom stereocenters. The summed E-state index contributed by atoms with van der Waals surface area (Å²) in [4.78, 5) is 12.3. The summed E-state index contributed by atoms with van der Waals surface area (Å²) in [6.45, 7) is 0.117. The zero-order valence-corrected chi connectivity index (χ0v) is 10.5. The average molecular weight is 294 g/mol. The van der Waals surface area contributed by atoms with Gasteiger partial charge < -0.3 is 10.0 Å². The predicted octanol–water partition coefficient (Wildman–Crippen LogP) is 3.43. The highest BCUT2D eigenvalue weighted by Gasteiger charge is 2.43. The molecule has 0 aliphatic carbocycles. The Hall–Kier alpha value is -1.43. The van der Waals surface area contributed by atoms with Crippen molar-refractivity contribution in [3.05, 3.63) is 28.8 Å². The molecule has 0 bridgehead atoms. The Bertz CT molecular complexity index is 504. The Morgan fingerprint density at radius 3 is 2.58 bits per heavy atom. The third kappa shape index (κ3) is 2.94. The van der Waals surface area contributed by atoms with E-state index in [4.69, 9.17) is 16.7 Å². The minimum Gasteiger partial charge on any atom is -0.478 e. The maximum atomic E-state index is 12.6. The molecule has 1 heterocycles. The fraction of sp³-hybridized carbons (Fsp3) is 0.417. The largest absolute Gasteiger partial charge is 0.478 e. The molecule has 104 valence electrons. The quantitative estimate of drug-likeness (QED) is 0.908. The van der Waals surface area contributed by atoms with Gasteiger partial charge in [-0.25, -0.2) is 4.79 Å². The van der Waals surface area contributed by atoms with E-state index in [1.54, 1.807) is 0 Å². The molecule has 0 saturated carbocycles. The van der Waals surface area contributed by atoms with Crippen LogP contribution in [0, 0.1) is 5.92 Å². The van der Waals surface area contributed by atoms with Crippen molar-refractivity contribution in [2.45, 2.75) is 12.6 Å². The first-order chi connectivity index (χ1) is 8.79. The van der Waals surface area contributed by atoms with Crippen molar-refractivity contribution in [2.24, 2.45) is 5.92 Å². The summed E-state index contributed by atoms with van der Waals surface area (Å²) < 4.78 is 37.7. The fourth-order valence-electron chi connectivity index (χ4n) is 2.14. The Labute approximate surface area is 112 Å². The highest BCUT2D eigenvalue weighted by Crippen LogP contribution is 2.37. The standard InChI is InChI=1S/C12H11ClF3NO2/c13-9-5-7(11(18)19)1-2-10(9)17-4-3-8(6-17)12(14,15)16/h1-2,5,8H,3-4,6H2,(H,18,19). The summed E-state index contributed by atoms with van der Waals surface area (Å²) in [5, 5.41) is 8.95. The number of carbonyl (C=O) groups is 1. The van der Waals surface area contributed by atoms with Crippen molar-refractivity contribution in [1.82, 2.24) is 0 Å². The Morgan fingerprint density at radius 1 is 1.42 bits per heavy atom. The van der Waals surface area contributed by atoms with Crippen LogP contribution in [0.2, 0.25) is 5.02 Å². The van der Waals surface area contributed by atoms with Crippen LogP contribution in [-0.4, -0.2) is 30.3 Å². The Balaban J connectivity index is 2.18. The third-order valence-corrected chi connectivity index (χ3v) is 3.49. The smallest absolute Gasteiger partial charge is 0.393 e. The molecular weight excluding hydrogens is 283 g/mol. The van der Waals surface area contributed by atoms with Crippen LogP contribution in [0.3, 0.4) is 0 Å². The van der Waals surface area contributed by atoms with Gasteiger partial charge in [-0.05, 0) is 24.6 Å². The molecule has 0 radical (unpaired) electrons. The van der Waals surface area contributed by atoms with Crippen LogP contribution >= 0.6 is 11.6 Å². The normalized spacial score (nSPS) is 19.8. The lowest BCUT2D eigenvalue weighted by Crippen LogP contribution is -2.27. The van der Waals surface area contributed by atoms with Gasteiger partial charge >= 0.3 is 12.1 Å². The highest BCUT2D eigenvalue weighted by molar-refractivity contribution is 6.33. The second-order valence-electron chi connectivity index (χ2n) is 4.44. The first-order valence-corrected chi connectivity index (χ1v) is 6.01. The molecule has 7 heteroatoms. The van der Waals surface area contributed by atoms with Gasteiger partial charge in [-0.2, -0.15) is 13.2 Å². The average Bonchev–Trinajstić information content (AvgIpc) is 2.77. The zero-order chi connectivity index (χ0) is 14.2. The van der Waals surface area contributed by atoms with Gasteiger partial charge in [0.15, 0.2) is 0 Å². The molecule has 1 aliphatic rings. The number of carboxylic acid groups (broad SMARTS) is 1. The van der Waals surface area contributed by atoms with E-state index in [2.05, 4.69) is 0 Å². The number of carboxylic acids is 1. The van der Waals surface area contributed by atoms with E-state index in [-0.39, 0.29) is 30.1 Å². The predicted molar refractivity (Wildman–Crippen MR) is 64.8 cm³/mol. The molecule has 1 fully saturated rings. The minimum atomic E-state index is -4.21. The maximum absolute atomic E-state index is 12.6. The third-order valence-electron chi connectivity index (χ3n) is 3.19. The van der Waals surface area contributed by atoms with Crippen molar-refractivity contribution >= 4 is 23.3 Å². The summed E-state index contributed by atoms with van der Waals surface area (Å²) in [6.07, 6.45) is -4.18. The summed E-state index contributed by atoms with van der Waals surface area (Å²) in [5.41, 5.74) is 0.457. The van der Waals surface area contributed by atoms with Gasteiger partial charge in [-0.3, -0.25) is 0 Å². The van der Waals surface area contributed by atoms with Gasteiger partial charge in [0.05, 0.1) is 22.2 Å². The number of benzene rings is 1. The van der Waals surface area contributed by atoms with Crippen molar-refractivity contribution in [2.75, 3.05) is 18.0 Å². The first kappa shape index (κ1) is 14.0. The van der Waals surface area contributed by atoms with Gasteiger partial charge in [0.2, 0.25) is 0 Å². The molecule has 19 heavy (non-hydrogen) atoms. The van der Waals surface area contributed by atoms with Crippen LogP contribution in [0.4, 0.5) is 18.9 Å². The lowest BCUT2D eigenvalue weighted by Gasteiger charge is -2.21. The van der Waals surface area contributed by atoms with Crippen LogP contribution in [0.1, 0.15) is 16.8 Å². The number of aromatic carboxylic acids is 1. The lowest BCUT2D eigenvalue weighted by atomic mass is 10.1. The van der Waals surface area contributed by atoms with E-state index < -0.39 is 18.1 Å². The molecule has 0 aromatic heterocycles. The van der Waals surface area contributed by atoms with Crippen molar-refractivity contribution in [3.8, 4) is 0 Å². The molecule has 2 rings (SSSR count). The molecule has 3 nitrogen and oxygen atoms in total. The number of rotatable bonds is 2. The summed E-state index contributed by atoms with van der Waals surface area (Å²) >= 11 is 5.93. The topological polar surface area (TPSA) is 40.5 Å². The van der Waals surface area contributed by atoms with Gasteiger partial charge in [-0.15, -0.1) is 0 Å². The van der Waals surface area contributed by atoms with Crippen LogP contribution < -0.4 is 4.90 Å². The van der Waals surface area contributed by atoms with Crippen molar-refractivity contribution in [1.29, 1.82) is 0 Å². The van der Waals surface area contributed by atoms with Gasteiger partial charge in [-0.1, -0.05) is 11.6 Å². The van der Waals surface area contributed by atoms with Crippen LogP contribution in [0.5, 0.6) is 0 Å². The van der Waals surface area contributed by atoms with Crippen LogP contribution in [0.25, 0.3) is 0 Å². The molecule has 1 aromatic rings. The maximum Gasteiger partial charge on any atom is 0.393 e. The Kier molecular flexibility index (Phi) is 3.62. The van der Waals surface area contributed by atoms with E-state index in [0.717, 1.165) is 0 Å². The van der Waals surface area contributed by atoms with Crippen molar-refractivity contribution < 1.29 is 23.1 Å². The first-order valence-electron chi connectivity index (χ1n) is 5.63. The highest BCUT2D eigenvalue weighted by atomic mass is 35.5. The monoisotopic (exact) mass is 293 g/mol. The number of anilines is 1. The van der Waals surface area contributed by atoms with E-state index >= 15 is 0 Å². The second-order valence-corrected chi connectivity index (χ2v) is 4.85. The minimum absolute atomic E-state index is 0.0142. The molecular formula is C12H11ClF3NO2. The number of hydrogen-bond acceptors (Lipinski definition) is 2. The molecule has 1 saturated heterocycles. The summed E-state index contributed by atoms with van der Waals surface area (Å²) in [7, 11) is 0. The molecule has 1 atom stereocenters. The number of alkyl halides is 3. The molecule has 1 aromatic carbocycles. The SMILES string of the molecule is O=C(O)c1ccc(N2CCC(C(F)(F)F)C2)c(Cl)c1. The zero-order valence-electron chi connectivity index (χ0n) is 9.75. The Morgan fingerprint density at radius 2 is 2.11 bits per heavy atom. The van der Waals surface area contributed by atoms with E-state index in [1.165, 1.54) is 23.1 Å². The fourth-order valence-corrected chi connectivity index (χ4v) is 2.44. The summed E-state index contributed by atoms with van der Waals surface area (Å²) in [6, 6.07) is 4.04. The molecule has 0 amide bonds. The van der Waals surface area contributed by atoms with Gasteiger partial charge in [0, 0.05) is 13.1 Å². The number of hydrogen-bond donors (Lipinski definition) is 1. The molecule has 1 aliphatic heterocycles. The molecule has 1 N–H and O–H groups in total. The van der Waals surface area contributed by atoms with Gasteiger partial charge in [0.25, 0.3) is 0 Å². The molecule has 0 spiro atoms. The van der Waals surface area contributed by atoms with Crippen molar-refractivity contribution in [3.63, 3.8) is 0 Å². The number of halogens is 4. The van der Waals surface area contributed by atoms with E-state index in [9.17, 15) is 18.0 Å². The summed E-state index contributed by atoms with van der Waals surface area (Å²) in [5.74, 6) is -2.48.